The fourth-order valence-corrected chi connectivity index (χ4v) is 2.91. The minimum absolute atomic E-state index is 0.0802. The molecule has 7 heteroatoms. The van der Waals surface area contributed by atoms with E-state index in [2.05, 4.69) is 0 Å². The van der Waals surface area contributed by atoms with Gasteiger partial charge in [-0.1, -0.05) is 12.1 Å². The standard InChI is InChI=1S/C16H16F3NO2S/c1-21-11-5-3-10(4-6-11)9-23-15-8-14(22-2)12(7-13(15)20)16(17,18)19/h3-8H,9,20H2,1-2H3. The summed E-state index contributed by atoms with van der Waals surface area (Å²) in [5, 5.41) is 0. The Morgan fingerprint density at radius 3 is 2.22 bits per heavy atom. The molecule has 2 aromatic rings. The zero-order valence-corrected chi connectivity index (χ0v) is 13.4. The molecule has 0 fully saturated rings. The smallest absolute Gasteiger partial charge is 0.420 e. The van der Waals surface area contributed by atoms with Crippen LogP contribution in [0.4, 0.5) is 18.9 Å². The predicted molar refractivity (Wildman–Crippen MR) is 85.0 cm³/mol. The third kappa shape index (κ3) is 4.25. The van der Waals surface area contributed by atoms with Crippen molar-refractivity contribution in [1.82, 2.24) is 0 Å². The molecule has 0 atom stereocenters. The van der Waals surface area contributed by atoms with Crippen LogP contribution in [0.25, 0.3) is 0 Å². The Labute approximate surface area is 136 Å². The van der Waals surface area contributed by atoms with Crippen LogP contribution in [-0.2, 0) is 11.9 Å². The number of anilines is 1. The highest BCUT2D eigenvalue weighted by molar-refractivity contribution is 7.98. The van der Waals surface area contributed by atoms with E-state index >= 15 is 0 Å². The quantitative estimate of drug-likeness (QED) is 0.637. The third-order valence-electron chi connectivity index (χ3n) is 3.19. The number of methoxy groups -OCH3 is 2. The molecular weight excluding hydrogens is 327 g/mol. The molecule has 0 aromatic heterocycles. The maximum Gasteiger partial charge on any atom is 0.420 e. The molecule has 0 bridgehead atoms. The van der Waals surface area contributed by atoms with Crippen LogP contribution in [0.5, 0.6) is 11.5 Å². The van der Waals surface area contributed by atoms with E-state index in [-0.39, 0.29) is 11.4 Å². The van der Waals surface area contributed by atoms with Crippen LogP contribution in [0.3, 0.4) is 0 Å². The number of nitrogen functional groups attached to an aromatic ring is 1. The van der Waals surface area contributed by atoms with Gasteiger partial charge in [-0.15, -0.1) is 11.8 Å². The number of nitrogens with two attached hydrogens (primary N) is 1. The molecule has 0 saturated carbocycles. The highest BCUT2D eigenvalue weighted by atomic mass is 32.2. The molecule has 2 aromatic carbocycles. The Kier molecular flexibility index (Phi) is 5.30. The van der Waals surface area contributed by atoms with Crippen LogP contribution in [0.2, 0.25) is 0 Å². The van der Waals surface area contributed by atoms with Gasteiger partial charge in [-0.2, -0.15) is 13.2 Å². The average molecular weight is 343 g/mol. The van der Waals surface area contributed by atoms with Crippen molar-refractivity contribution in [3.05, 3.63) is 47.5 Å². The Balaban J connectivity index is 2.19. The van der Waals surface area contributed by atoms with Crippen LogP contribution in [0, 0.1) is 0 Å². The maximum absolute atomic E-state index is 12.9. The molecule has 0 aliphatic carbocycles. The van der Waals surface area contributed by atoms with Gasteiger partial charge in [0.1, 0.15) is 11.5 Å². The van der Waals surface area contributed by atoms with Crippen molar-refractivity contribution in [2.75, 3.05) is 20.0 Å². The number of ether oxygens (including phenoxy) is 2. The normalized spacial score (nSPS) is 11.3. The van der Waals surface area contributed by atoms with Gasteiger partial charge >= 0.3 is 6.18 Å². The molecule has 0 aliphatic heterocycles. The van der Waals surface area contributed by atoms with E-state index < -0.39 is 11.7 Å². The zero-order valence-electron chi connectivity index (χ0n) is 12.6. The summed E-state index contributed by atoms with van der Waals surface area (Å²) in [6.07, 6.45) is -4.50. The molecule has 0 heterocycles. The topological polar surface area (TPSA) is 44.5 Å². The molecule has 0 spiro atoms. The van der Waals surface area contributed by atoms with Crippen molar-refractivity contribution in [3.8, 4) is 11.5 Å². The third-order valence-corrected chi connectivity index (χ3v) is 4.33. The first kappa shape index (κ1) is 17.3. The summed E-state index contributed by atoms with van der Waals surface area (Å²) in [4.78, 5) is 0.547. The van der Waals surface area contributed by atoms with Gasteiger partial charge in [0, 0.05) is 16.3 Å². The number of alkyl halides is 3. The van der Waals surface area contributed by atoms with E-state index in [0.29, 0.717) is 10.6 Å². The van der Waals surface area contributed by atoms with Gasteiger partial charge in [0.15, 0.2) is 0 Å². The van der Waals surface area contributed by atoms with E-state index in [9.17, 15) is 13.2 Å². The molecule has 23 heavy (non-hydrogen) atoms. The molecule has 2 rings (SSSR count). The number of hydrogen-bond acceptors (Lipinski definition) is 4. The van der Waals surface area contributed by atoms with Gasteiger partial charge in [-0.25, -0.2) is 0 Å². The Bertz CT molecular complexity index is 672. The van der Waals surface area contributed by atoms with Gasteiger partial charge in [0.25, 0.3) is 0 Å². The molecule has 0 saturated heterocycles. The zero-order chi connectivity index (χ0) is 17.0. The first-order valence-electron chi connectivity index (χ1n) is 6.65. The van der Waals surface area contributed by atoms with Crippen LogP contribution in [0.1, 0.15) is 11.1 Å². The molecule has 0 unspecified atom stereocenters. The lowest BCUT2D eigenvalue weighted by Crippen LogP contribution is -2.08. The first-order valence-corrected chi connectivity index (χ1v) is 7.64. The van der Waals surface area contributed by atoms with Gasteiger partial charge < -0.3 is 15.2 Å². The molecule has 124 valence electrons. The second kappa shape index (κ2) is 7.04. The lowest BCUT2D eigenvalue weighted by Gasteiger charge is -2.15. The van der Waals surface area contributed by atoms with Gasteiger partial charge in [0.2, 0.25) is 0 Å². The van der Waals surface area contributed by atoms with Crippen molar-refractivity contribution < 1.29 is 22.6 Å². The van der Waals surface area contributed by atoms with E-state index in [1.165, 1.54) is 24.9 Å². The molecule has 3 nitrogen and oxygen atoms in total. The molecular formula is C16H16F3NO2S. The summed E-state index contributed by atoms with van der Waals surface area (Å²) >= 11 is 1.35. The lowest BCUT2D eigenvalue weighted by molar-refractivity contribution is -0.138. The molecule has 2 N–H and O–H groups in total. The largest absolute Gasteiger partial charge is 0.497 e. The number of benzene rings is 2. The maximum atomic E-state index is 12.9. The van der Waals surface area contributed by atoms with Crippen molar-refractivity contribution >= 4 is 17.4 Å². The van der Waals surface area contributed by atoms with E-state index in [4.69, 9.17) is 15.2 Å². The first-order chi connectivity index (χ1) is 10.8. The molecule has 0 radical (unpaired) electrons. The monoisotopic (exact) mass is 343 g/mol. The highest BCUT2D eigenvalue weighted by Crippen LogP contribution is 2.41. The molecule has 0 aliphatic rings. The Hall–Kier alpha value is -2.02. The molecule has 0 amide bonds. The number of hydrogen-bond donors (Lipinski definition) is 1. The van der Waals surface area contributed by atoms with Crippen LogP contribution >= 0.6 is 11.8 Å². The van der Waals surface area contributed by atoms with Gasteiger partial charge in [-0.05, 0) is 29.8 Å². The summed E-state index contributed by atoms with van der Waals surface area (Å²) in [6, 6.07) is 9.67. The average Bonchev–Trinajstić information content (AvgIpc) is 2.53. The minimum Gasteiger partial charge on any atom is -0.497 e. The predicted octanol–water partition coefficient (Wildman–Crippen LogP) is 4.60. The summed E-state index contributed by atoms with van der Waals surface area (Å²) in [7, 11) is 2.79. The van der Waals surface area contributed by atoms with E-state index in [1.807, 2.05) is 24.3 Å². The number of halogens is 3. The fourth-order valence-electron chi connectivity index (χ4n) is 1.98. The van der Waals surface area contributed by atoms with Crippen LogP contribution in [-0.4, -0.2) is 14.2 Å². The number of rotatable bonds is 5. The number of thioether (sulfide) groups is 1. The van der Waals surface area contributed by atoms with E-state index in [0.717, 1.165) is 17.4 Å². The van der Waals surface area contributed by atoms with Gasteiger partial charge in [-0.3, -0.25) is 0 Å². The minimum atomic E-state index is -4.50. The highest BCUT2D eigenvalue weighted by Gasteiger charge is 2.35. The summed E-state index contributed by atoms with van der Waals surface area (Å²) < 4.78 is 48.7. The second-order valence-corrected chi connectivity index (χ2v) is 5.74. The SMILES string of the molecule is COc1ccc(CSc2cc(OC)c(C(F)(F)F)cc2N)cc1. The van der Waals surface area contributed by atoms with Crippen LogP contribution in [0.15, 0.2) is 41.3 Å². The van der Waals surface area contributed by atoms with Gasteiger partial charge in [0.05, 0.1) is 19.8 Å². The summed E-state index contributed by atoms with van der Waals surface area (Å²) in [5.41, 5.74) is 5.97. The summed E-state index contributed by atoms with van der Waals surface area (Å²) in [5.74, 6) is 1.08. The summed E-state index contributed by atoms with van der Waals surface area (Å²) in [6.45, 7) is 0. The fraction of sp³-hybridized carbons (Fsp3) is 0.250. The lowest BCUT2D eigenvalue weighted by atomic mass is 10.1. The van der Waals surface area contributed by atoms with E-state index in [1.54, 1.807) is 7.11 Å². The van der Waals surface area contributed by atoms with Crippen LogP contribution < -0.4 is 15.2 Å². The van der Waals surface area contributed by atoms with Crippen molar-refractivity contribution in [3.63, 3.8) is 0 Å². The van der Waals surface area contributed by atoms with Crippen molar-refractivity contribution in [1.29, 1.82) is 0 Å². The van der Waals surface area contributed by atoms with Crippen molar-refractivity contribution in [2.24, 2.45) is 0 Å². The second-order valence-electron chi connectivity index (χ2n) is 4.72. The Morgan fingerprint density at radius 1 is 1.04 bits per heavy atom. The van der Waals surface area contributed by atoms with Crippen molar-refractivity contribution in [2.45, 2.75) is 16.8 Å². The Morgan fingerprint density at radius 2 is 1.70 bits per heavy atom.